The fourth-order valence-corrected chi connectivity index (χ4v) is 2.00. The molecule has 3 nitrogen and oxygen atoms in total. The molecule has 0 N–H and O–H groups in total. The molecule has 92 valence electrons. The molecule has 1 aromatic rings. The third-order valence-electron chi connectivity index (χ3n) is 3.13. The van der Waals surface area contributed by atoms with Gasteiger partial charge in [-0.25, -0.2) is 0 Å². The molecule has 0 bridgehead atoms. The number of carbonyl (C=O) groups excluding carboxylic acids is 1. The zero-order valence-corrected chi connectivity index (χ0v) is 10.1. The molecule has 0 saturated carbocycles. The normalized spacial score (nSPS) is 24.4. The summed E-state index contributed by atoms with van der Waals surface area (Å²) in [5.41, 5.74) is 0.660. The molecule has 0 aliphatic carbocycles. The van der Waals surface area contributed by atoms with Gasteiger partial charge in [0, 0.05) is 0 Å². The highest BCUT2D eigenvalue weighted by molar-refractivity contribution is 5.77. The molecule has 0 amide bonds. The summed E-state index contributed by atoms with van der Waals surface area (Å²) in [6.07, 6.45) is 1.78. The number of hydrogen-bond acceptors (Lipinski definition) is 3. The maximum Gasteiger partial charge on any atom is 0.314 e. The Hall–Kier alpha value is -1.35. The van der Waals surface area contributed by atoms with Crippen LogP contribution < -0.4 is 0 Å². The first-order valence-electron chi connectivity index (χ1n) is 6.00. The Kier molecular flexibility index (Phi) is 3.79. The summed E-state index contributed by atoms with van der Waals surface area (Å²) in [5, 5.41) is 0. The number of carbonyl (C=O) groups is 1. The van der Waals surface area contributed by atoms with Crippen molar-refractivity contribution in [3.05, 3.63) is 35.9 Å². The summed E-state index contributed by atoms with van der Waals surface area (Å²) >= 11 is 0. The lowest BCUT2D eigenvalue weighted by Crippen LogP contribution is -2.38. The van der Waals surface area contributed by atoms with E-state index >= 15 is 0 Å². The van der Waals surface area contributed by atoms with E-state index in [1.807, 2.05) is 37.3 Å². The number of benzene rings is 1. The summed E-state index contributed by atoms with van der Waals surface area (Å²) in [6, 6.07) is 9.97. The zero-order valence-electron chi connectivity index (χ0n) is 10.1. The Bertz CT molecular complexity index is 374. The van der Waals surface area contributed by atoms with E-state index in [2.05, 4.69) is 0 Å². The molecule has 1 aliphatic heterocycles. The van der Waals surface area contributed by atoms with Crippen molar-refractivity contribution in [2.24, 2.45) is 5.41 Å². The molecule has 1 atom stereocenters. The van der Waals surface area contributed by atoms with E-state index in [4.69, 9.17) is 9.47 Å². The molecular formula is C14H18O3. The van der Waals surface area contributed by atoms with Gasteiger partial charge >= 0.3 is 5.97 Å². The summed E-state index contributed by atoms with van der Waals surface area (Å²) in [7, 11) is 0. The van der Waals surface area contributed by atoms with Crippen molar-refractivity contribution in [1.29, 1.82) is 0 Å². The number of esters is 1. The highest BCUT2D eigenvalue weighted by Crippen LogP contribution is 2.29. The number of rotatable bonds is 4. The van der Waals surface area contributed by atoms with Crippen LogP contribution in [0.5, 0.6) is 0 Å². The first kappa shape index (κ1) is 12.1. The number of ether oxygens (including phenoxy) is 2. The van der Waals surface area contributed by atoms with E-state index in [0.29, 0.717) is 19.8 Å². The molecule has 1 heterocycles. The smallest absolute Gasteiger partial charge is 0.314 e. The van der Waals surface area contributed by atoms with E-state index < -0.39 is 5.41 Å². The van der Waals surface area contributed by atoms with Crippen LogP contribution in [-0.4, -0.2) is 19.2 Å². The van der Waals surface area contributed by atoms with Crippen LogP contribution in [0.4, 0.5) is 0 Å². The van der Waals surface area contributed by atoms with Crippen molar-refractivity contribution in [1.82, 2.24) is 0 Å². The van der Waals surface area contributed by atoms with Crippen LogP contribution in [0.3, 0.4) is 0 Å². The van der Waals surface area contributed by atoms with Crippen LogP contribution in [0.1, 0.15) is 25.3 Å². The van der Waals surface area contributed by atoms with Gasteiger partial charge in [0.2, 0.25) is 0 Å². The highest BCUT2D eigenvalue weighted by atomic mass is 16.5. The van der Waals surface area contributed by atoms with Gasteiger partial charge in [-0.15, -0.1) is 0 Å². The fraction of sp³-hybridized carbons (Fsp3) is 0.500. The average Bonchev–Trinajstić information content (AvgIpc) is 2.35. The summed E-state index contributed by atoms with van der Waals surface area (Å²) < 4.78 is 10.7. The predicted molar refractivity (Wildman–Crippen MR) is 64.4 cm³/mol. The lowest BCUT2D eigenvalue weighted by Gasteiger charge is -2.30. The van der Waals surface area contributed by atoms with Crippen LogP contribution >= 0.6 is 0 Å². The van der Waals surface area contributed by atoms with Gasteiger partial charge < -0.3 is 9.47 Å². The molecule has 1 aliphatic rings. The third kappa shape index (κ3) is 3.07. The lowest BCUT2D eigenvalue weighted by molar-refractivity contribution is -0.165. The molecule has 0 spiro atoms. The number of hydrogen-bond donors (Lipinski definition) is 0. The Morgan fingerprint density at radius 2 is 2.12 bits per heavy atom. The molecule has 2 rings (SSSR count). The second-order valence-electron chi connectivity index (χ2n) is 4.78. The molecule has 3 heteroatoms. The van der Waals surface area contributed by atoms with Gasteiger partial charge in [-0.05, 0) is 25.3 Å². The largest absolute Gasteiger partial charge is 0.465 e. The minimum atomic E-state index is -0.465. The molecule has 1 aromatic carbocycles. The van der Waals surface area contributed by atoms with Gasteiger partial charge in [0.05, 0.1) is 25.2 Å². The van der Waals surface area contributed by atoms with Crippen LogP contribution in [0.2, 0.25) is 0 Å². The molecule has 0 aromatic heterocycles. The van der Waals surface area contributed by atoms with E-state index in [1.165, 1.54) is 0 Å². The second kappa shape index (κ2) is 5.32. The molecule has 0 radical (unpaired) electrons. The summed E-state index contributed by atoms with van der Waals surface area (Å²) in [6.45, 7) is 3.44. The zero-order chi connectivity index (χ0) is 12.1. The summed E-state index contributed by atoms with van der Waals surface area (Å²) in [4.78, 5) is 11.7. The van der Waals surface area contributed by atoms with Crippen molar-refractivity contribution >= 4 is 5.97 Å². The lowest BCUT2D eigenvalue weighted by atomic mass is 9.85. The minimum Gasteiger partial charge on any atom is -0.465 e. The minimum absolute atomic E-state index is 0.128. The molecular weight excluding hydrogens is 216 g/mol. The highest BCUT2D eigenvalue weighted by Gasteiger charge is 2.37. The van der Waals surface area contributed by atoms with Crippen LogP contribution in [0.15, 0.2) is 30.3 Å². The third-order valence-corrected chi connectivity index (χ3v) is 3.13. The Morgan fingerprint density at radius 3 is 2.82 bits per heavy atom. The van der Waals surface area contributed by atoms with Gasteiger partial charge in [-0.3, -0.25) is 4.79 Å². The monoisotopic (exact) mass is 234 g/mol. The van der Waals surface area contributed by atoms with E-state index in [-0.39, 0.29) is 5.97 Å². The van der Waals surface area contributed by atoms with Crippen molar-refractivity contribution in [2.45, 2.75) is 26.4 Å². The number of cyclic esters (lactones) is 1. The fourth-order valence-electron chi connectivity index (χ4n) is 2.00. The van der Waals surface area contributed by atoms with Crippen LogP contribution in [0.25, 0.3) is 0 Å². The van der Waals surface area contributed by atoms with E-state index in [9.17, 15) is 4.79 Å². The quantitative estimate of drug-likeness (QED) is 0.751. The second-order valence-corrected chi connectivity index (χ2v) is 4.78. The first-order valence-corrected chi connectivity index (χ1v) is 6.00. The van der Waals surface area contributed by atoms with Crippen molar-refractivity contribution in [3.8, 4) is 0 Å². The molecule has 1 fully saturated rings. The Balaban J connectivity index is 1.83. The van der Waals surface area contributed by atoms with Crippen molar-refractivity contribution in [3.63, 3.8) is 0 Å². The molecule has 17 heavy (non-hydrogen) atoms. The van der Waals surface area contributed by atoms with Crippen LogP contribution in [0, 0.1) is 5.41 Å². The van der Waals surface area contributed by atoms with Crippen molar-refractivity contribution < 1.29 is 14.3 Å². The molecule has 1 unspecified atom stereocenters. The standard InChI is InChI=1S/C14H18O3/c1-14(8-5-9-17-13(14)15)11-16-10-12-6-3-2-4-7-12/h2-4,6-7H,5,8-11H2,1H3. The van der Waals surface area contributed by atoms with E-state index in [0.717, 1.165) is 18.4 Å². The maximum atomic E-state index is 11.7. The van der Waals surface area contributed by atoms with Crippen LogP contribution in [-0.2, 0) is 20.9 Å². The average molecular weight is 234 g/mol. The topological polar surface area (TPSA) is 35.5 Å². The van der Waals surface area contributed by atoms with Gasteiger partial charge in [0.15, 0.2) is 0 Å². The predicted octanol–water partition coefficient (Wildman–Crippen LogP) is 2.55. The Morgan fingerprint density at radius 1 is 1.35 bits per heavy atom. The molecule has 1 saturated heterocycles. The van der Waals surface area contributed by atoms with E-state index in [1.54, 1.807) is 0 Å². The van der Waals surface area contributed by atoms with Gasteiger partial charge in [-0.2, -0.15) is 0 Å². The SMILES string of the molecule is CC1(COCc2ccccc2)CCCOC1=O. The van der Waals surface area contributed by atoms with Gasteiger partial charge in [-0.1, -0.05) is 30.3 Å². The summed E-state index contributed by atoms with van der Waals surface area (Å²) in [5.74, 6) is -0.128. The Labute approximate surface area is 102 Å². The van der Waals surface area contributed by atoms with Gasteiger partial charge in [0.1, 0.15) is 0 Å². The first-order chi connectivity index (χ1) is 8.21. The van der Waals surface area contributed by atoms with Crippen molar-refractivity contribution in [2.75, 3.05) is 13.2 Å². The maximum absolute atomic E-state index is 11.7. The van der Waals surface area contributed by atoms with Gasteiger partial charge in [0.25, 0.3) is 0 Å².